The van der Waals surface area contributed by atoms with Gasteiger partial charge in [0.15, 0.2) is 0 Å². The highest BCUT2D eigenvalue weighted by Gasteiger charge is 2.34. The monoisotopic (exact) mass is 290 g/mol. The van der Waals surface area contributed by atoms with Gasteiger partial charge in [0.25, 0.3) is 0 Å². The van der Waals surface area contributed by atoms with Crippen LogP contribution in [0.4, 0.5) is 4.39 Å². The zero-order valence-electron chi connectivity index (χ0n) is 12.4. The molecular formula is C17H23FN2O. The normalized spacial score (nSPS) is 22.4. The highest BCUT2D eigenvalue weighted by Crippen LogP contribution is 2.31. The van der Waals surface area contributed by atoms with Crippen LogP contribution in [0.2, 0.25) is 0 Å². The molecule has 1 saturated heterocycles. The smallest absolute Gasteiger partial charge is 0.220 e. The minimum absolute atomic E-state index is 0.0733. The maximum atomic E-state index is 13.0. The van der Waals surface area contributed by atoms with Gasteiger partial charge in [0.2, 0.25) is 5.91 Å². The SMILES string of the molecule is O=C(CCc1cccc(F)c1)NC[C@H]1CCN(C2CC2)C1. The number of carbonyl (C=O) groups excluding carboxylic acids is 1. The van der Waals surface area contributed by atoms with E-state index >= 15 is 0 Å². The third-order valence-corrected chi connectivity index (χ3v) is 4.50. The van der Waals surface area contributed by atoms with Crippen molar-refractivity contribution in [1.82, 2.24) is 10.2 Å². The molecule has 1 N–H and O–H groups in total. The van der Waals surface area contributed by atoms with Gasteiger partial charge >= 0.3 is 0 Å². The molecule has 1 aromatic carbocycles. The first-order valence-corrected chi connectivity index (χ1v) is 7.96. The molecule has 2 fully saturated rings. The summed E-state index contributed by atoms with van der Waals surface area (Å²) in [5, 5.41) is 3.03. The van der Waals surface area contributed by atoms with E-state index in [1.54, 1.807) is 6.07 Å². The number of hydrogen-bond acceptors (Lipinski definition) is 2. The number of hydrogen-bond donors (Lipinski definition) is 1. The molecule has 2 aliphatic rings. The van der Waals surface area contributed by atoms with Crippen molar-refractivity contribution >= 4 is 5.91 Å². The zero-order valence-corrected chi connectivity index (χ0v) is 12.4. The largest absolute Gasteiger partial charge is 0.356 e. The summed E-state index contributed by atoms with van der Waals surface area (Å²) in [5.74, 6) is 0.437. The first kappa shape index (κ1) is 14.5. The van der Waals surface area contributed by atoms with E-state index in [-0.39, 0.29) is 11.7 Å². The molecule has 0 aromatic heterocycles. The van der Waals surface area contributed by atoms with E-state index in [0.29, 0.717) is 18.8 Å². The van der Waals surface area contributed by atoms with Gasteiger partial charge in [-0.05, 0) is 55.8 Å². The number of nitrogens with zero attached hydrogens (tertiary/aromatic N) is 1. The van der Waals surface area contributed by atoms with Crippen molar-refractivity contribution in [3.05, 3.63) is 35.6 Å². The third-order valence-electron chi connectivity index (χ3n) is 4.50. The van der Waals surface area contributed by atoms with E-state index < -0.39 is 0 Å². The predicted octanol–water partition coefficient (Wildman–Crippen LogP) is 2.36. The molecule has 0 unspecified atom stereocenters. The fraction of sp³-hybridized carbons (Fsp3) is 0.588. The topological polar surface area (TPSA) is 32.3 Å². The number of nitrogens with one attached hydrogen (secondary N) is 1. The van der Waals surface area contributed by atoms with Gasteiger partial charge in [-0.25, -0.2) is 4.39 Å². The van der Waals surface area contributed by atoms with Gasteiger partial charge in [0.1, 0.15) is 5.82 Å². The lowest BCUT2D eigenvalue weighted by molar-refractivity contribution is -0.121. The van der Waals surface area contributed by atoms with Crippen LogP contribution in [0.1, 0.15) is 31.2 Å². The fourth-order valence-corrected chi connectivity index (χ4v) is 3.10. The Labute approximate surface area is 125 Å². The average molecular weight is 290 g/mol. The molecule has 1 aliphatic heterocycles. The van der Waals surface area contributed by atoms with Crippen LogP contribution in [-0.4, -0.2) is 36.5 Å². The predicted molar refractivity (Wildman–Crippen MR) is 80.4 cm³/mol. The highest BCUT2D eigenvalue weighted by atomic mass is 19.1. The van der Waals surface area contributed by atoms with Crippen LogP contribution < -0.4 is 5.32 Å². The summed E-state index contributed by atoms with van der Waals surface area (Å²) >= 11 is 0. The minimum Gasteiger partial charge on any atom is -0.356 e. The molecule has 21 heavy (non-hydrogen) atoms. The Balaban J connectivity index is 1.35. The van der Waals surface area contributed by atoms with Crippen molar-refractivity contribution in [1.29, 1.82) is 0 Å². The number of rotatable bonds is 6. The van der Waals surface area contributed by atoms with Gasteiger partial charge < -0.3 is 10.2 Å². The zero-order chi connectivity index (χ0) is 14.7. The maximum absolute atomic E-state index is 13.0. The van der Waals surface area contributed by atoms with Crippen molar-refractivity contribution in [2.75, 3.05) is 19.6 Å². The Bertz CT molecular complexity index is 501. The lowest BCUT2D eigenvalue weighted by Crippen LogP contribution is -2.31. The van der Waals surface area contributed by atoms with E-state index in [2.05, 4.69) is 10.2 Å². The summed E-state index contributed by atoms with van der Waals surface area (Å²) in [6.45, 7) is 3.11. The van der Waals surface area contributed by atoms with Crippen molar-refractivity contribution in [2.24, 2.45) is 5.92 Å². The average Bonchev–Trinajstić information content (AvgIpc) is 3.22. The second-order valence-corrected chi connectivity index (χ2v) is 6.31. The molecule has 3 nitrogen and oxygen atoms in total. The van der Waals surface area contributed by atoms with Crippen LogP contribution in [0.15, 0.2) is 24.3 Å². The Morgan fingerprint density at radius 1 is 1.33 bits per heavy atom. The van der Waals surface area contributed by atoms with Crippen LogP contribution in [0.3, 0.4) is 0 Å². The van der Waals surface area contributed by atoms with Gasteiger partial charge in [-0.3, -0.25) is 4.79 Å². The number of benzene rings is 1. The number of halogens is 1. The van der Waals surface area contributed by atoms with Crippen LogP contribution in [0, 0.1) is 11.7 Å². The first-order valence-electron chi connectivity index (χ1n) is 7.96. The highest BCUT2D eigenvalue weighted by molar-refractivity contribution is 5.76. The quantitative estimate of drug-likeness (QED) is 0.872. The molecule has 1 aromatic rings. The van der Waals surface area contributed by atoms with Crippen LogP contribution in [0.25, 0.3) is 0 Å². The van der Waals surface area contributed by atoms with Crippen molar-refractivity contribution in [3.63, 3.8) is 0 Å². The molecule has 3 rings (SSSR count). The van der Waals surface area contributed by atoms with E-state index in [9.17, 15) is 9.18 Å². The van der Waals surface area contributed by atoms with E-state index in [0.717, 1.165) is 24.7 Å². The number of aryl methyl sites for hydroxylation is 1. The van der Waals surface area contributed by atoms with E-state index in [4.69, 9.17) is 0 Å². The summed E-state index contributed by atoms with van der Waals surface area (Å²) in [5.41, 5.74) is 0.880. The molecule has 4 heteroatoms. The first-order chi connectivity index (χ1) is 10.2. The Hall–Kier alpha value is -1.42. The molecule has 1 atom stereocenters. The van der Waals surface area contributed by atoms with Crippen molar-refractivity contribution < 1.29 is 9.18 Å². The molecule has 1 heterocycles. The molecule has 114 valence electrons. The van der Waals surface area contributed by atoms with Gasteiger partial charge in [-0.2, -0.15) is 0 Å². The Morgan fingerprint density at radius 3 is 2.95 bits per heavy atom. The van der Waals surface area contributed by atoms with Gasteiger partial charge in [0, 0.05) is 25.6 Å². The van der Waals surface area contributed by atoms with Crippen LogP contribution in [-0.2, 0) is 11.2 Å². The van der Waals surface area contributed by atoms with Crippen molar-refractivity contribution in [2.45, 2.75) is 38.1 Å². The molecule has 1 amide bonds. The van der Waals surface area contributed by atoms with E-state index in [1.807, 2.05) is 6.07 Å². The summed E-state index contributed by atoms with van der Waals surface area (Å²) in [4.78, 5) is 14.4. The lowest BCUT2D eigenvalue weighted by atomic mass is 10.1. The molecule has 0 radical (unpaired) electrons. The summed E-state index contributed by atoms with van der Waals surface area (Å²) in [6, 6.07) is 7.31. The van der Waals surface area contributed by atoms with Crippen molar-refractivity contribution in [3.8, 4) is 0 Å². The second-order valence-electron chi connectivity index (χ2n) is 6.31. The van der Waals surface area contributed by atoms with Crippen LogP contribution >= 0.6 is 0 Å². The Morgan fingerprint density at radius 2 is 2.19 bits per heavy atom. The fourth-order valence-electron chi connectivity index (χ4n) is 3.10. The minimum atomic E-state index is -0.237. The van der Waals surface area contributed by atoms with E-state index in [1.165, 1.54) is 37.9 Å². The summed E-state index contributed by atoms with van der Waals surface area (Å²) in [7, 11) is 0. The second kappa shape index (κ2) is 6.56. The number of carbonyl (C=O) groups is 1. The van der Waals surface area contributed by atoms with Gasteiger partial charge in [-0.1, -0.05) is 12.1 Å². The lowest BCUT2D eigenvalue weighted by Gasteiger charge is -2.15. The van der Waals surface area contributed by atoms with Gasteiger partial charge in [-0.15, -0.1) is 0 Å². The summed E-state index contributed by atoms with van der Waals surface area (Å²) in [6.07, 6.45) is 4.94. The Kier molecular flexibility index (Phi) is 4.54. The number of amides is 1. The van der Waals surface area contributed by atoms with Crippen LogP contribution in [0.5, 0.6) is 0 Å². The molecule has 0 bridgehead atoms. The molecule has 0 spiro atoms. The maximum Gasteiger partial charge on any atom is 0.220 e. The molecule has 1 saturated carbocycles. The summed E-state index contributed by atoms with van der Waals surface area (Å²) < 4.78 is 13.0. The standard InChI is InChI=1S/C17H23FN2O/c18-15-3-1-2-13(10-15)4-7-17(21)19-11-14-8-9-20(12-14)16-5-6-16/h1-3,10,14,16H,4-9,11-12H2,(H,19,21)/t14-/m1/s1. The molecular weight excluding hydrogens is 267 g/mol. The third kappa shape index (κ3) is 4.27. The number of likely N-dealkylation sites (tertiary alicyclic amines) is 1. The van der Waals surface area contributed by atoms with Gasteiger partial charge in [0.05, 0.1) is 0 Å². The molecule has 1 aliphatic carbocycles.